The van der Waals surface area contributed by atoms with Crippen molar-refractivity contribution in [2.24, 2.45) is 0 Å². The molecule has 3 rings (SSSR count). The molecule has 0 aliphatic carbocycles. The van der Waals surface area contributed by atoms with Crippen molar-refractivity contribution in [2.45, 2.75) is 0 Å². The Morgan fingerprint density at radius 3 is 2.46 bits per heavy atom. The zero-order valence-electron chi connectivity index (χ0n) is 15.4. The molecule has 0 saturated carbocycles. The third-order valence-corrected chi connectivity index (χ3v) is 4.78. The van der Waals surface area contributed by atoms with Crippen molar-refractivity contribution in [1.82, 2.24) is 0 Å². The summed E-state index contributed by atoms with van der Waals surface area (Å²) < 4.78 is 15.9. The fraction of sp³-hybridized carbons (Fsp3) is 0.0909. The van der Waals surface area contributed by atoms with Crippen LogP contribution in [0.4, 0.5) is 0 Å². The molecule has 0 atom stereocenters. The molecule has 1 aromatic heterocycles. The lowest BCUT2D eigenvalue weighted by Crippen LogP contribution is -2.07. The molecule has 0 fully saturated rings. The number of carbonyl (C=O) groups excluding carboxylic acids is 2. The van der Waals surface area contributed by atoms with Crippen LogP contribution in [0.15, 0.2) is 66.1 Å². The van der Waals surface area contributed by atoms with Gasteiger partial charge < -0.3 is 14.2 Å². The average molecular weight is 394 g/mol. The second kappa shape index (κ2) is 9.01. The summed E-state index contributed by atoms with van der Waals surface area (Å²) in [5.41, 5.74) is 1.03. The van der Waals surface area contributed by atoms with Crippen molar-refractivity contribution in [3.05, 3.63) is 82.1 Å². The molecular weight excluding hydrogens is 376 g/mol. The predicted octanol–water partition coefficient (Wildman–Crippen LogP) is 4.88. The van der Waals surface area contributed by atoms with Gasteiger partial charge in [-0.25, -0.2) is 4.79 Å². The van der Waals surface area contributed by atoms with E-state index in [4.69, 9.17) is 14.2 Å². The van der Waals surface area contributed by atoms with Gasteiger partial charge in [-0.15, -0.1) is 11.3 Å². The molecule has 0 N–H and O–H groups in total. The number of ketones is 1. The highest BCUT2D eigenvalue weighted by molar-refractivity contribution is 7.12. The Labute approximate surface area is 166 Å². The minimum absolute atomic E-state index is 0.237. The fourth-order valence-corrected chi connectivity index (χ4v) is 3.11. The van der Waals surface area contributed by atoms with Crippen molar-refractivity contribution in [3.63, 3.8) is 0 Å². The minimum atomic E-state index is -0.431. The quantitative estimate of drug-likeness (QED) is 0.247. The van der Waals surface area contributed by atoms with Gasteiger partial charge in [-0.2, -0.15) is 0 Å². The molecule has 1 heterocycles. The maximum atomic E-state index is 12.6. The maximum absolute atomic E-state index is 12.6. The van der Waals surface area contributed by atoms with Crippen molar-refractivity contribution < 1.29 is 23.8 Å². The molecule has 2 aromatic carbocycles. The Morgan fingerprint density at radius 1 is 0.929 bits per heavy atom. The van der Waals surface area contributed by atoms with Gasteiger partial charge in [-0.3, -0.25) is 4.79 Å². The Hall–Kier alpha value is -3.38. The highest BCUT2D eigenvalue weighted by Crippen LogP contribution is 2.26. The van der Waals surface area contributed by atoms with Gasteiger partial charge in [0.2, 0.25) is 0 Å². The maximum Gasteiger partial charge on any atom is 0.353 e. The molecule has 0 spiro atoms. The van der Waals surface area contributed by atoms with Gasteiger partial charge in [-0.1, -0.05) is 24.3 Å². The number of ether oxygens (including phenoxy) is 3. The summed E-state index contributed by atoms with van der Waals surface area (Å²) in [4.78, 5) is 25.3. The summed E-state index contributed by atoms with van der Waals surface area (Å²) in [6, 6.07) is 15.5. The van der Waals surface area contributed by atoms with Crippen LogP contribution in [0.25, 0.3) is 6.08 Å². The molecule has 0 aliphatic rings. The van der Waals surface area contributed by atoms with Crippen molar-refractivity contribution >= 4 is 29.2 Å². The summed E-state index contributed by atoms with van der Waals surface area (Å²) in [7, 11) is 3.04. The molecule has 28 heavy (non-hydrogen) atoms. The van der Waals surface area contributed by atoms with Gasteiger partial charge >= 0.3 is 5.97 Å². The molecule has 0 saturated heterocycles. The first-order chi connectivity index (χ1) is 13.6. The van der Waals surface area contributed by atoms with Gasteiger partial charge in [0, 0.05) is 11.6 Å². The van der Waals surface area contributed by atoms with Crippen LogP contribution >= 0.6 is 11.3 Å². The Kier molecular flexibility index (Phi) is 6.24. The molecule has 0 aliphatic heterocycles. The first-order valence-electron chi connectivity index (χ1n) is 8.41. The molecule has 0 unspecified atom stereocenters. The van der Waals surface area contributed by atoms with Gasteiger partial charge in [0.1, 0.15) is 22.1 Å². The van der Waals surface area contributed by atoms with Gasteiger partial charge in [0.05, 0.1) is 19.8 Å². The minimum Gasteiger partial charge on any atom is -0.497 e. The average Bonchev–Trinajstić information content (AvgIpc) is 3.27. The van der Waals surface area contributed by atoms with E-state index in [0.717, 1.165) is 0 Å². The standard InChI is InChI=1S/C22H18O5S/c1-25-16-10-11-17(20(14-16)26-2)18(23)12-9-15-6-3-4-7-19(15)27-22(24)21-8-5-13-28-21/h3-14H,1-2H3. The number of carbonyl (C=O) groups is 2. The Bertz CT molecular complexity index is 1010. The van der Waals surface area contributed by atoms with Crippen molar-refractivity contribution in [1.29, 1.82) is 0 Å². The third-order valence-electron chi connectivity index (χ3n) is 3.93. The number of methoxy groups -OCH3 is 2. The summed E-state index contributed by atoms with van der Waals surface area (Å²) in [6.07, 6.45) is 3.03. The second-order valence-electron chi connectivity index (χ2n) is 5.67. The number of thiophene rings is 1. The number of hydrogen-bond donors (Lipinski definition) is 0. The Morgan fingerprint density at radius 2 is 1.75 bits per heavy atom. The lowest BCUT2D eigenvalue weighted by atomic mass is 10.1. The first kappa shape index (κ1) is 19.4. The molecule has 3 aromatic rings. The normalized spacial score (nSPS) is 10.6. The van der Waals surface area contributed by atoms with E-state index in [-0.39, 0.29) is 5.78 Å². The number of esters is 1. The summed E-state index contributed by atoms with van der Waals surface area (Å²) >= 11 is 1.31. The zero-order valence-corrected chi connectivity index (χ0v) is 16.2. The van der Waals surface area contributed by atoms with Crippen molar-refractivity contribution in [2.75, 3.05) is 14.2 Å². The lowest BCUT2D eigenvalue weighted by Gasteiger charge is -2.08. The van der Waals surface area contributed by atoms with E-state index in [0.29, 0.717) is 33.3 Å². The lowest BCUT2D eigenvalue weighted by molar-refractivity contribution is 0.0739. The van der Waals surface area contributed by atoms with Crippen LogP contribution in [0, 0.1) is 0 Å². The van der Waals surface area contributed by atoms with Gasteiger partial charge in [0.15, 0.2) is 5.78 Å². The van der Waals surface area contributed by atoms with Crippen LogP contribution in [-0.2, 0) is 0 Å². The van der Waals surface area contributed by atoms with Crippen LogP contribution in [-0.4, -0.2) is 26.0 Å². The molecule has 6 heteroatoms. The van der Waals surface area contributed by atoms with E-state index in [1.165, 1.54) is 24.5 Å². The van der Waals surface area contributed by atoms with Crippen LogP contribution in [0.3, 0.4) is 0 Å². The number of para-hydroxylation sites is 1. The van der Waals surface area contributed by atoms with E-state index >= 15 is 0 Å². The number of allylic oxidation sites excluding steroid dienone is 1. The Balaban J connectivity index is 1.81. The topological polar surface area (TPSA) is 61.8 Å². The van der Waals surface area contributed by atoms with Gasteiger partial charge in [-0.05, 0) is 41.8 Å². The summed E-state index contributed by atoms with van der Waals surface area (Å²) in [5.74, 6) is 0.735. The molecule has 0 radical (unpaired) electrons. The summed E-state index contributed by atoms with van der Waals surface area (Å²) in [5, 5.41) is 1.81. The molecule has 142 valence electrons. The predicted molar refractivity (Wildman–Crippen MR) is 109 cm³/mol. The first-order valence-corrected chi connectivity index (χ1v) is 9.29. The smallest absolute Gasteiger partial charge is 0.353 e. The molecule has 0 amide bonds. The van der Waals surface area contributed by atoms with E-state index in [2.05, 4.69) is 0 Å². The van der Waals surface area contributed by atoms with Crippen LogP contribution in [0.5, 0.6) is 17.2 Å². The highest BCUT2D eigenvalue weighted by Gasteiger charge is 2.13. The van der Waals surface area contributed by atoms with E-state index in [1.54, 1.807) is 67.8 Å². The van der Waals surface area contributed by atoms with E-state index in [1.807, 2.05) is 5.38 Å². The summed E-state index contributed by atoms with van der Waals surface area (Å²) in [6.45, 7) is 0. The number of hydrogen-bond acceptors (Lipinski definition) is 6. The molecular formula is C22H18O5S. The SMILES string of the molecule is COc1ccc(C(=O)C=Cc2ccccc2OC(=O)c2cccs2)c(OC)c1. The number of rotatable bonds is 7. The van der Waals surface area contributed by atoms with E-state index < -0.39 is 5.97 Å². The van der Waals surface area contributed by atoms with Crippen LogP contribution in [0.1, 0.15) is 25.6 Å². The van der Waals surface area contributed by atoms with Crippen LogP contribution < -0.4 is 14.2 Å². The van der Waals surface area contributed by atoms with Crippen LogP contribution in [0.2, 0.25) is 0 Å². The molecule has 0 bridgehead atoms. The fourth-order valence-electron chi connectivity index (χ4n) is 2.51. The number of benzene rings is 2. The zero-order chi connectivity index (χ0) is 19.9. The third kappa shape index (κ3) is 4.47. The molecule has 5 nitrogen and oxygen atoms in total. The van der Waals surface area contributed by atoms with Crippen molar-refractivity contribution in [3.8, 4) is 17.2 Å². The monoisotopic (exact) mass is 394 g/mol. The van der Waals surface area contributed by atoms with E-state index in [9.17, 15) is 9.59 Å². The largest absolute Gasteiger partial charge is 0.497 e. The van der Waals surface area contributed by atoms with Gasteiger partial charge in [0.25, 0.3) is 0 Å². The second-order valence-corrected chi connectivity index (χ2v) is 6.62. The highest BCUT2D eigenvalue weighted by atomic mass is 32.1.